The fourth-order valence-electron chi connectivity index (χ4n) is 0.388. The van der Waals surface area contributed by atoms with E-state index in [1.165, 1.54) is 6.92 Å². The lowest BCUT2D eigenvalue weighted by Gasteiger charge is -2.01. The summed E-state index contributed by atoms with van der Waals surface area (Å²) in [6.45, 7) is 1.36. The van der Waals surface area contributed by atoms with Gasteiger partial charge >= 0.3 is 0 Å². The van der Waals surface area contributed by atoms with Crippen molar-refractivity contribution in [1.29, 1.82) is 0 Å². The number of hydrazine groups is 1. The Morgan fingerprint density at radius 3 is 2.40 bits per heavy atom. The van der Waals surface area contributed by atoms with Crippen molar-refractivity contribution < 1.29 is 9.59 Å². The van der Waals surface area contributed by atoms with Gasteiger partial charge in [0.1, 0.15) is 0 Å². The van der Waals surface area contributed by atoms with Gasteiger partial charge < -0.3 is 5.32 Å². The molecule has 0 saturated carbocycles. The Morgan fingerprint density at radius 1 is 1.40 bits per heavy atom. The Morgan fingerprint density at radius 2 is 2.00 bits per heavy atom. The molecule has 58 valence electrons. The number of hydrogen-bond acceptors (Lipinski definition) is 3. The van der Waals surface area contributed by atoms with Crippen molar-refractivity contribution in [3.8, 4) is 0 Å². The van der Waals surface area contributed by atoms with Crippen molar-refractivity contribution in [1.82, 2.24) is 16.2 Å². The second-order valence-corrected chi connectivity index (χ2v) is 1.71. The smallest absolute Gasteiger partial charge is 0.253 e. The molecule has 0 fully saturated rings. The van der Waals surface area contributed by atoms with Crippen LogP contribution >= 0.6 is 0 Å². The summed E-state index contributed by atoms with van der Waals surface area (Å²) >= 11 is 0. The molecule has 0 aliphatic carbocycles. The van der Waals surface area contributed by atoms with Gasteiger partial charge in [-0.3, -0.25) is 15.0 Å². The van der Waals surface area contributed by atoms with E-state index in [2.05, 4.69) is 16.2 Å². The third-order valence-electron chi connectivity index (χ3n) is 0.762. The van der Waals surface area contributed by atoms with E-state index in [4.69, 9.17) is 0 Å². The van der Waals surface area contributed by atoms with Crippen LogP contribution in [0.2, 0.25) is 0 Å². The summed E-state index contributed by atoms with van der Waals surface area (Å²) in [6, 6.07) is 0. The standard InChI is InChI=1S/C5H11N3O2/c1-4(9)7-3-5(10)8-6-2/h6H,3H2,1-2H3,(H,7,9)(H,8,10). The molecule has 5 nitrogen and oxygen atoms in total. The maximum Gasteiger partial charge on any atom is 0.253 e. The summed E-state index contributed by atoms with van der Waals surface area (Å²) < 4.78 is 0. The molecule has 0 radical (unpaired) electrons. The van der Waals surface area contributed by atoms with E-state index in [0.717, 1.165) is 0 Å². The Balaban J connectivity index is 3.30. The van der Waals surface area contributed by atoms with Crippen molar-refractivity contribution in [3.63, 3.8) is 0 Å². The molecule has 3 N–H and O–H groups in total. The molecule has 0 aromatic heterocycles. The monoisotopic (exact) mass is 145 g/mol. The Kier molecular flexibility index (Phi) is 4.23. The van der Waals surface area contributed by atoms with Crippen molar-refractivity contribution in [2.75, 3.05) is 13.6 Å². The zero-order chi connectivity index (χ0) is 7.98. The van der Waals surface area contributed by atoms with Crippen LogP contribution in [-0.4, -0.2) is 25.4 Å². The lowest BCUT2D eigenvalue weighted by molar-refractivity contribution is -0.125. The van der Waals surface area contributed by atoms with E-state index in [9.17, 15) is 9.59 Å². The van der Waals surface area contributed by atoms with Crippen LogP contribution in [0.5, 0.6) is 0 Å². The highest BCUT2D eigenvalue weighted by atomic mass is 16.2. The average molecular weight is 145 g/mol. The summed E-state index contributed by atoms with van der Waals surface area (Å²) in [5, 5.41) is 2.34. The van der Waals surface area contributed by atoms with Crippen LogP contribution in [0, 0.1) is 0 Å². The van der Waals surface area contributed by atoms with Crippen molar-refractivity contribution in [2.45, 2.75) is 6.92 Å². The van der Waals surface area contributed by atoms with Crippen molar-refractivity contribution >= 4 is 11.8 Å². The molecule has 0 aromatic rings. The predicted molar refractivity (Wildman–Crippen MR) is 35.9 cm³/mol. The summed E-state index contributed by atoms with van der Waals surface area (Å²) in [6.07, 6.45) is 0. The van der Waals surface area contributed by atoms with Gasteiger partial charge in [-0.05, 0) is 0 Å². The Hall–Kier alpha value is -1.10. The number of carbonyl (C=O) groups excluding carboxylic acids is 2. The van der Waals surface area contributed by atoms with Gasteiger partial charge in [-0.1, -0.05) is 0 Å². The van der Waals surface area contributed by atoms with Crippen molar-refractivity contribution in [3.05, 3.63) is 0 Å². The van der Waals surface area contributed by atoms with Crippen LogP contribution < -0.4 is 16.2 Å². The highest BCUT2D eigenvalue weighted by molar-refractivity contribution is 5.83. The Bertz CT molecular complexity index is 135. The van der Waals surface area contributed by atoms with Crippen LogP contribution in [0.4, 0.5) is 0 Å². The Labute approximate surface area is 59.1 Å². The van der Waals surface area contributed by atoms with Crippen LogP contribution in [0.1, 0.15) is 6.92 Å². The first kappa shape index (κ1) is 8.90. The number of amides is 2. The van der Waals surface area contributed by atoms with Crippen molar-refractivity contribution in [2.24, 2.45) is 0 Å². The maximum atomic E-state index is 10.6. The van der Waals surface area contributed by atoms with E-state index >= 15 is 0 Å². The molecule has 0 rings (SSSR count). The molecule has 0 heterocycles. The largest absolute Gasteiger partial charge is 0.347 e. The van der Waals surface area contributed by atoms with E-state index < -0.39 is 0 Å². The van der Waals surface area contributed by atoms with Gasteiger partial charge in [-0.25, -0.2) is 5.43 Å². The lowest BCUT2D eigenvalue weighted by atomic mass is 10.6. The third kappa shape index (κ3) is 5.04. The molecule has 0 spiro atoms. The first-order valence-electron chi connectivity index (χ1n) is 2.87. The van der Waals surface area contributed by atoms with Gasteiger partial charge in [-0.2, -0.15) is 0 Å². The number of carbonyl (C=O) groups is 2. The molecule has 2 amide bonds. The zero-order valence-corrected chi connectivity index (χ0v) is 6.02. The molecule has 0 aliphatic rings. The fourth-order valence-corrected chi connectivity index (χ4v) is 0.388. The predicted octanol–water partition coefficient (Wildman–Crippen LogP) is -1.63. The summed E-state index contributed by atoms with van der Waals surface area (Å²) in [5.41, 5.74) is 4.74. The second kappa shape index (κ2) is 4.75. The summed E-state index contributed by atoms with van der Waals surface area (Å²) in [5.74, 6) is -0.482. The molecule has 0 atom stereocenters. The normalized spacial score (nSPS) is 8.60. The molecule has 0 unspecified atom stereocenters. The summed E-state index contributed by atoms with van der Waals surface area (Å²) in [4.78, 5) is 20.8. The molecule has 0 bridgehead atoms. The molecule has 0 aromatic carbocycles. The lowest BCUT2D eigenvalue weighted by Crippen LogP contribution is -2.41. The first-order valence-corrected chi connectivity index (χ1v) is 2.87. The zero-order valence-electron chi connectivity index (χ0n) is 6.02. The number of nitrogens with one attached hydrogen (secondary N) is 3. The maximum absolute atomic E-state index is 10.6. The van der Waals surface area contributed by atoms with E-state index in [0.29, 0.717) is 0 Å². The quantitative estimate of drug-likeness (QED) is 0.418. The van der Waals surface area contributed by atoms with Crippen LogP contribution in [0.15, 0.2) is 0 Å². The molecule has 0 saturated heterocycles. The van der Waals surface area contributed by atoms with Gasteiger partial charge in [0.15, 0.2) is 0 Å². The minimum absolute atomic E-state index is 0.0101. The van der Waals surface area contributed by atoms with Gasteiger partial charge in [0.05, 0.1) is 6.54 Å². The molecule has 5 heteroatoms. The van der Waals surface area contributed by atoms with Gasteiger partial charge in [0.25, 0.3) is 5.91 Å². The van der Waals surface area contributed by atoms with E-state index in [1.807, 2.05) is 0 Å². The third-order valence-corrected chi connectivity index (χ3v) is 0.762. The second-order valence-electron chi connectivity index (χ2n) is 1.71. The van der Waals surface area contributed by atoms with Crippen LogP contribution in [-0.2, 0) is 9.59 Å². The van der Waals surface area contributed by atoms with Gasteiger partial charge in [0.2, 0.25) is 5.91 Å². The highest BCUT2D eigenvalue weighted by Crippen LogP contribution is 1.61. The molecular weight excluding hydrogens is 134 g/mol. The van der Waals surface area contributed by atoms with Crippen LogP contribution in [0.25, 0.3) is 0 Å². The van der Waals surface area contributed by atoms with Gasteiger partial charge in [-0.15, -0.1) is 0 Å². The first-order chi connectivity index (χ1) is 4.66. The number of rotatable bonds is 3. The van der Waals surface area contributed by atoms with E-state index in [-0.39, 0.29) is 18.4 Å². The fraction of sp³-hybridized carbons (Fsp3) is 0.600. The van der Waals surface area contributed by atoms with Crippen LogP contribution in [0.3, 0.4) is 0 Å². The molecular formula is C5H11N3O2. The number of hydrogen-bond donors (Lipinski definition) is 3. The average Bonchev–Trinajstić information content (AvgIpc) is 1.85. The molecule has 10 heavy (non-hydrogen) atoms. The minimum atomic E-state index is -0.266. The topological polar surface area (TPSA) is 70.2 Å². The minimum Gasteiger partial charge on any atom is -0.347 e. The van der Waals surface area contributed by atoms with E-state index in [1.54, 1.807) is 7.05 Å². The molecule has 0 aliphatic heterocycles. The summed E-state index contributed by atoms with van der Waals surface area (Å²) in [7, 11) is 1.58. The SMILES string of the molecule is CNNC(=O)CNC(C)=O. The van der Waals surface area contributed by atoms with Gasteiger partial charge in [0, 0.05) is 14.0 Å². The highest BCUT2D eigenvalue weighted by Gasteiger charge is 1.97.